The van der Waals surface area contributed by atoms with Crippen LogP contribution in [0.3, 0.4) is 0 Å². The van der Waals surface area contributed by atoms with E-state index in [0.29, 0.717) is 13.2 Å². The fourth-order valence-electron chi connectivity index (χ4n) is 1.90. The van der Waals surface area contributed by atoms with Crippen LogP contribution in [0.2, 0.25) is 0 Å². The summed E-state index contributed by atoms with van der Waals surface area (Å²) in [5.41, 5.74) is 0. The zero-order chi connectivity index (χ0) is 12.7. The van der Waals surface area contributed by atoms with Gasteiger partial charge >= 0.3 is 5.97 Å². The van der Waals surface area contributed by atoms with Gasteiger partial charge in [0.1, 0.15) is 6.42 Å². The Balaban J connectivity index is 2.26. The Kier molecular flexibility index (Phi) is 6.19. The molecule has 1 aliphatic rings. The molecule has 0 saturated heterocycles. The van der Waals surface area contributed by atoms with Crippen molar-refractivity contribution in [3.05, 3.63) is 0 Å². The zero-order valence-electron chi connectivity index (χ0n) is 10.9. The number of Topliss-reactive ketones (excluding diaryl/α,β-unsaturated/α-hetero) is 1. The normalized spacial score (nSPS) is 15.0. The minimum Gasteiger partial charge on any atom is -0.466 e. The van der Waals surface area contributed by atoms with E-state index in [9.17, 15) is 9.59 Å². The molecule has 1 fully saturated rings. The zero-order valence-corrected chi connectivity index (χ0v) is 10.9. The third kappa shape index (κ3) is 6.41. The Morgan fingerprint density at radius 1 is 1.29 bits per heavy atom. The van der Waals surface area contributed by atoms with Crippen LogP contribution in [0, 0.1) is 5.92 Å². The van der Waals surface area contributed by atoms with E-state index in [1.54, 1.807) is 6.92 Å². The van der Waals surface area contributed by atoms with Gasteiger partial charge in [-0.1, -0.05) is 6.92 Å². The molecular formula is C13H23NO3. The van der Waals surface area contributed by atoms with Crippen LogP contribution in [0.15, 0.2) is 0 Å². The number of hydrogen-bond donors (Lipinski definition) is 0. The van der Waals surface area contributed by atoms with Crippen LogP contribution < -0.4 is 0 Å². The molecule has 0 aromatic rings. The van der Waals surface area contributed by atoms with Crippen molar-refractivity contribution in [3.63, 3.8) is 0 Å². The van der Waals surface area contributed by atoms with Gasteiger partial charge in [0.2, 0.25) is 0 Å². The molecule has 4 heteroatoms. The number of nitrogens with zero attached hydrogens (tertiary/aromatic N) is 1. The van der Waals surface area contributed by atoms with Crippen LogP contribution in [0.1, 0.15) is 39.5 Å². The summed E-state index contributed by atoms with van der Waals surface area (Å²) in [6.45, 7) is 6.53. The Morgan fingerprint density at radius 2 is 2.00 bits per heavy atom. The molecule has 98 valence electrons. The lowest BCUT2D eigenvalue weighted by atomic mass is 10.2. The number of hydrogen-bond acceptors (Lipinski definition) is 4. The summed E-state index contributed by atoms with van der Waals surface area (Å²) in [6.07, 6.45) is 3.52. The van der Waals surface area contributed by atoms with Gasteiger partial charge in [-0.25, -0.2) is 0 Å². The summed E-state index contributed by atoms with van der Waals surface area (Å²) in [5, 5.41) is 0. The molecular weight excluding hydrogens is 218 g/mol. The van der Waals surface area contributed by atoms with Crippen molar-refractivity contribution < 1.29 is 14.3 Å². The van der Waals surface area contributed by atoms with E-state index in [2.05, 4.69) is 11.8 Å². The van der Waals surface area contributed by atoms with Crippen molar-refractivity contribution in [1.29, 1.82) is 0 Å². The van der Waals surface area contributed by atoms with Crippen LogP contribution >= 0.6 is 0 Å². The molecule has 0 spiro atoms. The van der Waals surface area contributed by atoms with Crippen LogP contribution in [0.4, 0.5) is 0 Å². The highest BCUT2D eigenvalue weighted by Gasteiger charge is 2.25. The van der Waals surface area contributed by atoms with E-state index < -0.39 is 5.97 Å². The SMILES string of the molecule is CCCN(CC(=O)CC(=O)OCC)CC1CC1. The average molecular weight is 241 g/mol. The van der Waals surface area contributed by atoms with E-state index in [-0.39, 0.29) is 12.2 Å². The third-order valence-electron chi connectivity index (χ3n) is 2.80. The van der Waals surface area contributed by atoms with Crippen LogP contribution in [0.25, 0.3) is 0 Å². The molecule has 0 aromatic carbocycles. The predicted octanol–water partition coefficient (Wildman–Crippen LogP) is 1.63. The monoisotopic (exact) mass is 241 g/mol. The highest BCUT2D eigenvalue weighted by Crippen LogP contribution is 2.29. The molecule has 0 aliphatic heterocycles. The van der Waals surface area contributed by atoms with Crippen LogP contribution in [0.5, 0.6) is 0 Å². The minimum atomic E-state index is -0.402. The van der Waals surface area contributed by atoms with Crippen LogP contribution in [-0.2, 0) is 14.3 Å². The van der Waals surface area contributed by atoms with Crippen molar-refractivity contribution in [2.45, 2.75) is 39.5 Å². The molecule has 0 heterocycles. The topological polar surface area (TPSA) is 46.6 Å². The lowest BCUT2D eigenvalue weighted by Gasteiger charge is -2.20. The smallest absolute Gasteiger partial charge is 0.313 e. The van der Waals surface area contributed by atoms with Gasteiger partial charge in [-0.2, -0.15) is 0 Å². The van der Waals surface area contributed by atoms with E-state index in [1.807, 2.05) is 0 Å². The second-order valence-electron chi connectivity index (χ2n) is 4.70. The summed E-state index contributed by atoms with van der Waals surface area (Å²) in [6, 6.07) is 0. The van der Waals surface area contributed by atoms with Crippen molar-refractivity contribution in [1.82, 2.24) is 4.90 Å². The summed E-state index contributed by atoms with van der Waals surface area (Å²) >= 11 is 0. The fourth-order valence-corrected chi connectivity index (χ4v) is 1.90. The van der Waals surface area contributed by atoms with Crippen molar-refractivity contribution in [2.75, 3.05) is 26.2 Å². The first-order valence-electron chi connectivity index (χ1n) is 6.55. The maximum atomic E-state index is 11.7. The molecule has 0 bridgehead atoms. The molecule has 0 unspecified atom stereocenters. The van der Waals surface area contributed by atoms with Gasteiger partial charge in [0.25, 0.3) is 0 Å². The van der Waals surface area contributed by atoms with Gasteiger partial charge in [0.15, 0.2) is 5.78 Å². The third-order valence-corrected chi connectivity index (χ3v) is 2.80. The Morgan fingerprint density at radius 3 is 2.53 bits per heavy atom. The number of rotatable bonds is 9. The summed E-state index contributed by atoms with van der Waals surface area (Å²) in [5.74, 6) is 0.342. The molecule has 0 atom stereocenters. The highest BCUT2D eigenvalue weighted by atomic mass is 16.5. The molecule has 1 saturated carbocycles. The maximum absolute atomic E-state index is 11.7. The molecule has 0 radical (unpaired) electrons. The summed E-state index contributed by atoms with van der Waals surface area (Å²) in [4.78, 5) is 25.0. The maximum Gasteiger partial charge on any atom is 0.313 e. The predicted molar refractivity (Wildman–Crippen MR) is 65.7 cm³/mol. The molecule has 0 N–H and O–H groups in total. The van der Waals surface area contributed by atoms with Gasteiger partial charge in [-0.05, 0) is 38.6 Å². The van der Waals surface area contributed by atoms with Crippen molar-refractivity contribution in [2.24, 2.45) is 5.92 Å². The first-order valence-corrected chi connectivity index (χ1v) is 6.55. The highest BCUT2D eigenvalue weighted by molar-refractivity contribution is 5.96. The first-order chi connectivity index (χ1) is 8.15. The largest absolute Gasteiger partial charge is 0.466 e. The first kappa shape index (κ1) is 14.2. The number of ketones is 1. The minimum absolute atomic E-state index is 0.0300. The number of esters is 1. The lowest BCUT2D eigenvalue weighted by molar-refractivity contribution is -0.145. The molecule has 4 nitrogen and oxygen atoms in total. The molecule has 17 heavy (non-hydrogen) atoms. The number of carbonyl (C=O) groups excluding carboxylic acids is 2. The molecule has 0 aromatic heterocycles. The Bertz CT molecular complexity index is 261. The lowest BCUT2D eigenvalue weighted by Crippen LogP contribution is -2.33. The average Bonchev–Trinajstić information content (AvgIpc) is 3.01. The number of carbonyl (C=O) groups is 2. The van der Waals surface area contributed by atoms with Crippen LogP contribution in [-0.4, -0.2) is 42.9 Å². The fraction of sp³-hybridized carbons (Fsp3) is 0.846. The van der Waals surface area contributed by atoms with E-state index in [4.69, 9.17) is 4.74 Å². The van der Waals surface area contributed by atoms with Gasteiger partial charge in [0, 0.05) is 6.54 Å². The van der Waals surface area contributed by atoms with Gasteiger partial charge in [-0.3, -0.25) is 14.5 Å². The van der Waals surface area contributed by atoms with Crippen molar-refractivity contribution in [3.8, 4) is 0 Å². The molecule has 1 rings (SSSR count). The quantitative estimate of drug-likeness (QED) is 0.455. The van der Waals surface area contributed by atoms with Gasteiger partial charge < -0.3 is 4.74 Å². The molecule has 1 aliphatic carbocycles. The Hall–Kier alpha value is -0.900. The standard InChI is InChI=1S/C13H23NO3/c1-3-7-14(9-11-5-6-11)10-12(15)8-13(16)17-4-2/h11H,3-10H2,1-2H3. The van der Waals surface area contributed by atoms with E-state index >= 15 is 0 Å². The van der Waals surface area contributed by atoms with E-state index in [1.165, 1.54) is 12.8 Å². The van der Waals surface area contributed by atoms with E-state index in [0.717, 1.165) is 25.4 Å². The van der Waals surface area contributed by atoms with Gasteiger partial charge in [-0.15, -0.1) is 0 Å². The second-order valence-corrected chi connectivity index (χ2v) is 4.70. The van der Waals surface area contributed by atoms with Crippen molar-refractivity contribution >= 4 is 11.8 Å². The summed E-state index contributed by atoms with van der Waals surface area (Å²) < 4.78 is 4.77. The number of ether oxygens (including phenoxy) is 1. The summed E-state index contributed by atoms with van der Waals surface area (Å²) in [7, 11) is 0. The Labute approximate surface area is 103 Å². The second kappa shape index (κ2) is 7.43. The molecule has 0 amide bonds. The van der Waals surface area contributed by atoms with Gasteiger partial charge in [0.05, 0.1) is 13.2 Å².